The molecule has 23 heavy (non-hydrogen) atoms. The first kappa shape index (κ1) is 15.1. The molecule has 1 aliphatic heterocycles. The van der Waals surface area contributed by atoms with Gasteiger partial charge in [-0.05, 0) is 31.0 Å². The lowest BCUT2D eigenvalue weighted by Gasteiger charge is -2.20. The van der Waals surface area contributed by atoms with Crippen LogP contribution in [0.4, 0.5) is 11.4 Å². The smallest absolute Gasteiger partial charge is 0.271 e. The largest absolute Gasteiger partial charge is 0.467 e. The Labute approximate surface area is 133 Å². The van der Waals surface area contributed by atoms with Crippen molar-refractivity contribution >= 4 is 17.3 Å². The second-order valence-electron chi connectivity index (χ2n) is 5.55. The van der Waals surface area contributed by atoms with Crippen molar-refractivity contribution in [1.29, 1.82) is 0 Å². The molecule has 0 spiro atoms. The SMILES string of the molecule is CC(NC(=O)CN1CCc2ccc([N+](=O)[O-])cc21)c1ccco1. The fraction of sp³-hybridized carbons (Fsp3) is 0.312. The lowest BCUT2D eigenvalue weighted by atomic mass is 10.1. The van der Waals surface area contributed by atoms with Crippen molar-refractivity contribution in [2.24, 2.45) is 0 Å². The van der Waals surface area contributed by atoms with Crippen molar-refractivity contribution in [3.63, 3.8) is 0 Å². The third kappa shape index (κ3) is 3.18. The molecule has 1 amide bonds. The molecule has 0 saturated carbocycles. The summed E-state index contributed by atoms with van der Waals surface area (Å²) >= 11 is 0. The molecule has 2 heterocycles. The van der Waals surface area contributed by atoms with Crippen molar-refractivity contribution < 1.29 is 14.1 Å². The summed E-state index contributed by atoms with van der Waals surface area (Å²) in [7, 11) is 0. The number of benzene rings is 1. The highest BCUT2D eigenvalue weighted by atomic mass is 16.6. The zero-order valence-electron chi connectivity index (χ0n) is 12.7. The average Bonchev–Trinajstić information content (AvgIpc) is 3.16. The summed E-state index contributed by atoms with van der Waals surface area (Å²) in [6, 6.07) is 8.15. The van der Waals surface area contributed by atoms with Gasteiger partial charge in [0.25, 0.3) is 5.69 Å². The Balaban J connectivity index is 1.67. The number of carbonyl (C=O) groups excluding carboxylic acids is 1. The van der Waals surface area contributed by atoms with Crippen LogP contribution in [0, 0.1) is 10.1 Å². The molecule has 1 aliphatic rings. The van der Waals surface area contributed by atoms with Crippen molar-refractivity contribution in [1.82, 2.24) is 5.32 Å². The van der Waals surface area contributed by atoms with Gasteiger partial charge in [-0.15, -0.1) is 0 Å². The Morgan fingerprint density at radius 1 is 1.48 bits per heavy atom. The Kier molecular flexibility index (Phi) is 4.01. The highest BCUT2D eigenvalue weighted by Crippen LogP contribution is 2.31. The number of non-ortho nitro benzene ring substituents is 1. The van der Waals surface area contributed by atoms with E-state index in [9.17, 15) is 14.9 Å². The first-order valence-electron chi connectivity index (χ1n) is 7.39. The first-order valence-corrected chi connectivity index (χ1v) is 7.39. The molecule has 0 saturated heterocycles. The maximum absolute atomic E-state index is 12.2. The van der Waals surface area contributed by atoms with E-state index >= 15 is 0 Å². The van der Waals surface area contributed by atoms with Gasteiger partial charge >= 0.3 is 0 Å². The van der Waals surface area contributed by atoms with Crippen molar-refractivity contribution in [3.05, 3.63) is 58.0 Å². The second-order valence-corrected chi connectivity index (χ2v) is 5.55. The molecule has 0 bridgehead atoms. The molecule has 1 N–H and O–H groups in total. The summed E-state index contributed by atoms with van der Waals surface area (Å²) < 4.78 is 5.26. The molecule has 1 aromatic carbocycles. The van der Waals surface area contributed by atoms with Gasteiger partial charge in [0.2, 0.25) is 5.91 Å². The van der Waals surface area contributed by atoms with E-state index < -0.39 is 4.92 Å². The molecular formula is C16H17N3O4. The zero-order valence-corrected chi connectivity index (χ0v) is 12.7. The van der Waals surface area contributed by atoms with Gasteiger partial charge in [0.15, 0.2) is 0 Å². The number of rotatable bonds is 5. The predicted molar refractivity (Wildman–Crippen MR) is 84.3 cm³/mol. The normalized spacial score (nSPS) is 14.4. The zero-order chi connectivity index (χ0) is 16.4. The van der Waals surface area contributed by atoms with Gasteiger partial charge in [-0.1, -0.05) is 6.07 Å². The van der Waals surface area contributed by atoms with E-state index in [1.54, 1.807) is 24.5 Å². The molecule has 2 aromatic rings. The van der Waals surface area contributed by atoms with Crippen LogP contribution in [0.2, 0.25) is 0 Å². The highest BCUT2D eigenvalue weighted by Gasteiger charge is 2.24. The van der Waals surface area contributed by atoms with E-state index in [0.717, 1.165) is 17.7 Å². The fourth-order valence-corrected chi connectivity index (χ4v) is 2.78. The van der Waals surface area contributed by atoms with Crippen LogP contribution in [0.3, 0.4) is 0 Å². The van der Waals surface area contributed by atoms with E-state index in [1.807, 2.05) is 11.8 Å². The second kappa shape index (κ2) is 6.12. The maximum Gasteiger partial charge on any atom is 0.271 e. The minimum Gasteiger partial charge on any atom is -0.467 e. The maximum atomic E-state index is 12.2. The molecule has 1 unspecified atom stereocenters. The molecule has 1 atom stereocenters. The Hall–Kier alpha value is -2.83. The number of hydrogen-bond acceptors (Lipinski definition) is 5. The summed E-state index contributed by atoms with van der Waals surface area (Å²) in [5, 5.41) is 13.8. The van der Waals surface area contributed by atoms with E-state index in [0.29, 0.717) is 12.3 Å². The van der Waals surface area contributed by atoms with Gasteiger partial charge in [-0.2, -0.15) is 0 Å². The van der Waals surface area contributed by atoms with Crippen molar-refractivity contribution in [2.45, 2.75) is 19.4 Å². The molecule has 120 valence electrons. The van der Waals surface area contributed by atoms with Crippen LogP contribution >= 0.6 is 0 Å². The molecule has 1 aromatic heterocycles. The monoisotopic (exact) mass is 315 g/mol. The van der Waals surface area contributed by atoms with E-state index in [-0.39, 0.29) is 24.2 Å². The number of amides is 1. The molecule has 0 fully saturated rings. The number of anilines is 1. The van der Waals surface area contributed by atoms with Crippen LogP contribution in [-0.2, 0) is 11.2 Å². The van der Waals surface area contributed by atoms with Crippen LogP contribution in [0.25, 0.3) is 0 Å². The van der Waals surface area contributed by atoms with Gasteiger partial charge in [-0.25, -0.2) is 0 Å². The Bertz CT molecular complexity index is 727. The average molecular weight is 315 g/mol. The topological polar surface area (TPSA) is 88.6 Å². The molecular weight excluding hydrogens is 298 g/mol. The quantitative estimate of drug-likeness (QED) is 0.676. The number of nitrogens with zero attached hydrogens (tertiary/aromatic N) is 2. The summed E-state index contributed by atoms with van der Waals surface area (Å²) in [6.07, 6.45) is 2.35. The highest BCUT2D eigenvalue weighted by molar-refractivity contribution is 5.82. The number of nitrogens with one attached hydrogen (secondary N) is 1. The number of fused-ring (bicyclic) bond motifs is 1. The van der Waals surface area contributed by atoms with Gasteiger partial charge in [0.05, 0.1) is 23.8 Å². The van der Waals surface area contributed by atoms with E-state index in [4.69, 9.17) is 4.42 Å². The van der Waals surface area contributed by atoms with E-state index in [1.165, 1.54) is 12.1 Å². The van der Waals surface area contributed by atoms with Crippen LogP contribution in [0.15, 0.2) is 41.0 Å². The molecule has 0 aliphatic carbocycles. The minimum absolute atomic E-state index is 0.0417. The molecule has 7 heteroatoms. The number of nitro groups is 1. The minimum atomic E-state index is -0.421. The fourth-order valence-electron chi connectivity index (χ4n) is 2.78. The van der Waals surface area contributed by atoms with E-state index in [2.05, 4.69) is 5.32 Å². The van der Waals surface area contributed by atoms with Gasteiger partial charge in [0, 0.05) is 24.4 Å². The Morgan fingerprint density at radius 2 is 2.30 bits per heavy atom. The molecule has 0 radical (unpaired) electrons. The van der Waals surface area contributed by atoms with Gasteiger partial charge in [-0.3, -0.25) is 14.9 Å². The number of hydrogen-bond donors (Lipinski definition) is 1. The predicted octanol–water partition coefficient (Wildman–Crippen LogP) is 2.43. The first-order chi connectivity index (χ1) is 11.0. The lowest BCUT2D eigenvalue weighted by molar-refractivity contribution is -0.384. The van der Waals surface area contributed by atoms with Crippen LogP contribution in [-0.4, -0.2) is 23.9 Å². The molecule has 3 rings (SSSR count). The van der Waals surface area contributed by atoms with Crippen LogP contribution in [0.5, 0.6) is 0 Å². The van der Waals surface area contributed by atoms with Crippen LogP contribution < -0.4 is 10.2 Å². The van der Waals surface area contributed by atoms with Crippen molar-refractivity contribution in [2.75, 3.05) is 18.0 Å². The number of furan rings is 1. The summed E-state index contributed by atoms with van der Waals surface area (Å²) in [4.78, 5) is 24.6. The summed E-state index contributed by atoms with van der Waals surface area (Å²) in [5.41, 5.74) is 1.84. The summed E-state index contributed by atoms with van der Waals surface area (Å²) in [5.74, 6) is 0.545. The van der Waals surface area contributed by atoms with Crippen LogP contribution in [0.1, 0.15) is 24.3 Å². The number of carbonyl (C=O) groups is 1. The van der Waals surface area contributed by atoms with Crippen molar-refractivity contribution in [3.8, 4) is 0 Å². The van der Waals surface area contributed by atoms with Gasteiger partial charge < -0.3 is 14.6 Å². The standard InChI is InChI=1S/C16H17N3O4/c1-11(15-3-2-8-23-15)17-16(20)10-18-7-6-12-4-5-13(19(21)22)9-14(12)18/h2-5,8-9,11H,6-7,10H2,1H3,(H,17,20). The van der Waals surface area contributed by atoms with Gasteiger partial charge in [0.1, 0.15) is 5.76 Å². The lowest BCUT2D eigenvalue weighted by Crippen LogP contribution is -2.37. The summed E-state index contributed by atoms with van der Waals surface area (Å²) in [6.45, 7) is 2.69. The number of nitro benzene ring substituents is 1. The Morgan fingerprint density at radius 3 is 3.00 bits per heavy atom. The third-order valence-electron chi connectivity index (χ3n) is 3.95. The molecule has 7 nitrogen and oxygen atoms in total. The third-order valence-corrected chi connectivity index (χ3v) is 3.95.